The fourth-order valence-electron chi connectivity index (χ4n) is 5.43. The molecular formula is C29H47NO3SSi. The van der Waals surface area contributed by atoms with Crippen molar-refractivity contribution in [3.8, 4) is 0 Å². The van der Waals surface area contributed by atoms with Crippen LogP contribution in [0.5, 0.6) is 0 Å². The third-order valence-electron chi connectivity index (χ3n) is 7.75. The van der Waals surface area contributed by atoms with E-state index in [2.05, 4.69) is 45.6 Å². The summed E-state index contributed by atoms with van der Waals surface area (Å²) < 4.78 is 26.2. The molecule has 0 bridgehead atoms. The molecule has 1 aliphatic rings. The third kappa shape index (κ3) is 6.84. The van der Waals surface area contributed by atoms with Gasteiger partial charge in [0.2, 0.25) is 0 Å². The largest absolute Gasteiger partial charge is 0.413 e. The second-order valence-electron chi connectivity index (χ2n) is 10.0. The molecule has 196 valence electrons. The fourth-order valence-corrected chi connectivity index (χ4v) is 10.6. The molecule has 1 aromatic rings. The van der Waals surface area contributed by atoms with Gasteiger partial charge in [0.15, 0.2) is 14.1 Å². The zero-order valence-electron chi connectivity index (χ0n) is 22.8. The molecule has 0 saturated heterocycles. The molecule has 1 aromatic carbocycles. The van der Waals surface area contributed by atoms with Crippen LogP contribution in [0.2, 0.25) is 18.1 Å². The van der Waals surface area contributed by atoms with Crippen molar-refractivity contribution in [2.45, 2.75) is 102 Å². The van der Waals surface area contributed by atoms with E-state index < -0.39 is 18.0 Å². The Morgan fingerprint density at radius 3 is 2.31 bits per heavy atom. The van der Waals surface area contributed by atoms with Crippen LogP contribution in [-0.2, 0) is 18.9 Å². The van der Waals surface area contributed by atoms with Crippen LogP contribution >= 0.6 is 0 Å². The summed E-state index contributed by atoms with van der Waals surface area (Å²) in [6.07, 6.45) is 6.50. The summed E-state index contributed by atoms with van der Waals surface area (Å²) in [5, 5.41) is 0. The van der Waals surface area contributed by atoms with Crippen LogP contribution in [0.1, 0.15) is 73.1 Å². The molecule has 1 aliphatic carbocycles. The van der Waals surface area contributed by atoms with Gasteiger partial charge in [0.05, 0.1) is 15.9 Å². The molecule has 4 nitrogen and oxygen atoms in total. The molecule has 3 atom stereocenters. The summed E-state index contributed by atoms with van der Waals surface area (Å²) in [5.41, 5.74) is 1.04. The van der Waals surface area contributed by atoms with Crippen molar-refractivity contribution in [2.75, 3.05) is 7.05 Å². The van der Waals surface area contributed by atoms with Crippen LogP contribution in [0.3, 0.4) is 0 Å². The van der Waals surface area contributed by atoms with E-state index in [0.717, 1.165) is 49.4 Å². The first-order chi connectivity index (χ1) is 16.7. The summed E-state index contributed by atoms with van der Waals surface area (Å²) in [6.45, 7) is 15.0. The van der Waals surface area contributed by atoms with E-state index >= 15 is 0 Å². The van der Waals surface area contributed by atoms with Crippen molar-refractivity contribution in [3.05, 3.63) is 53.5 Å². The number of hydrogen-bond donors (Lipinski definition) is 0. The summed E-state index contributed by atoms with van der Waals surface area (Å²) in [6, 6.07) is 12.6. The Morgan fingerprint density at radius 2 is 1.80 bits per heavy atom. The van der Waals surface area contributed by atoms with Gasteiger partial charge in [0.25, 0.3) is 0 Å². The maximum atomic E-state index is 14.6. The summed E-state index contributed by atoms with van der Waals surface area (Å²) >= 11 is 0. The minimum atomic E-state index is -3.05. The number of hydrogen-bond acceptors (Lipinski definition) is 4. The zero-order valence-corrected chi connectivity index (χ0v) is 24.7. The number of carbonyl (C=O) groups excluding carboxylic acids is 1. The van der Waals surface area contributed by atoms with Crippen molar-refractivity contribution >= 4 is 23.8 Å². The van der Waals surface area contributed by atoms with Crippen LogP contribution in [0, 0.1) is 11.8 Å². The zero-order chi connectivity index (χ0) is 26.1. The first kappa shape index (κ1) is 29.7. The van der Waals surface area contributed by atoms with Crippen molar-refractivity contribution in [3.63, 3.8) is 0 Å². The van der Waals surface area contributed by atoms with Crippen molar-refractivity contribution in [1.29, 1.82) is 0 Å². The number of carbonyl (C=O) groups is 1. The first-order valence-corrected chi connectivity index (χ1v) is 17.5. The van der Waals surface area contributed by atoms with Gasteiger partial charge in [-0.05, 0) is 67.4 Å². The normalized spacial score (nSPS) is 20.7. The van der Waals surface area contributed by atoms with E-state index in [4.69, 9.17) is 4.43 Å². The number of ketones is 1. The van der Waals surface area contributed by atoms with Gasteiger partial charge in [-0.2, -0.15) is 0 Å². The highest BCUT2D eigenvalue weighted by Crippen LogP contribution is 2.42. The minimum Gasteiger partial charge on any atom is -0.413 e. The van der Waals surface area contributed by atoms with Gasteiger partial charge >= 0.3 is 0 Å². The molecule has 2 unspecified atom stereocenters. The van der Waals surface area contributed by atoms with Crippen LogP contribution in [-0.4, -0.2) is 31.5 Å². The van der Waals surface area contributed by atoms with Crippen molar-refractivity contribution < 1.29 is 13.4 Å². The molecule has 0 amide bonds. The molecule has 0 N–H and O–H groups in total. The van der Waals surface area contributed by atoms with Crippen LogP contribution < -0.4 is 0 Å². The monoisotopic (exact) mass is 517 g/mol. The quantitative estimate of drug-likeness (QED) is 0.151. The first-order valence-electron chi connectivity index (χ1n) is 13.5. The number of benzene rings is 1. The highest BCUT2D eigenvalue weighted by Gasteiger charge is 2.41. The molecule has 1 fully saturated rings. The Labute approximate surface area is 215 Å². The highest BCUT2D eigenvalue weighted by molar-refractivity contribution is 7.98. The van der Waals surface area contributed by atoms with E-state index in [1.54, 1.807) is 13.1 Å². The predicted molar refractivity (Wildman–Crippen MR) is 152 cm³/mol. The van der Waals surface area contributed by atoms with E-state index in [9.17, 15) is 9.00 Å². The topological polar surface area (TPSA) is 55.7 Å². The summed E-state index contributed by atoms with van der Waals surface area (Å²) in [4.78, 5) is 14.9. The van der Waals surface area contributed by atoms with Crippen molar-refractivity contribution in [1.82, 2.24) is 0 Å². The molecule has 2 rings (SSSR count). The van der Waals surface area contributed by atoms with Crippen LogP contribution in [0.15, 0.2) is 62.7 Å². The molecule has 0 aromatic heterocycles. The molecule has 1 saturated carbocycles. The van der Waals surface area contributed by atoms with Crippen molar-refractivity contribution in [2.24, 2.45) is 16.2 Å². The molecule has 6 heteroatoms. The summed E-state index contributed by atoms with van der Waals surface area (Å²) in [7, 11) is -3.33. The Bertz CT molecular complexity index is 980. The lowest BCUT2D eigenvalue weighted by Gasteiger charge is -2.42. The highest BCUT2D eigenvalue weighted by atomic mass is 32.2. The Hall–Kier alpha value is -1.50. The van der Waals surface area contributed by atoms with E-state index in [-0.39, 0.29) is 17.8 Å². The smallest absolute Gasteiger partial charge is 0.192 e. The Morgan fingerprint density at radius 1 is 1.17 bits per heavy atom. The molecule has 35 heavy (non-hydrogen) atoms. The second-order valence-corrected chi connectivity index (χ2v) is 17.1. The molecular weight excluding hydrogens is 470 g/mol. The maximum absolute atomic E-state index is 14.6. The molecule has 0 radical (unpaired) electrons. The second kappa shape index (κ2) is 13.7. The molecule has 0 heterocycles. The lowest BCUT2D eigenvalue weighted by atomic mass is 9.77. The van der Waals surface area contributed by atoms with E-state index in [0.29, 0.717) is 28.6 Å². The van der Waals surface area contributed by atoms with Gasteiger partial charge in [-0.3, -0.25) is 4.79 Å². The number of allylic oxidation sites excluding steroid dienone is 2. The average Bonchev–Trinajstić information content (AvgIpc) is 2.89. The van der Waals surface area contributed by atoms with Gasteiger partial charge in [-0.1, -0.05) is 65.3 Å². The lowest BCUT2D eigenvalue weighted by molar-refractivity contribution is -0.115. The number of nitrogens with zero attached hydrogens (tertiary/aromatic N) is 1. The van der Waals surface area contributed by atoms with Gasteiger partial charge < -0.3 is 4.43 Å². The summed E-state index contributed by atoms with van der Waals surface area (Å²) in [5.74, 6) is 0.341. The molecule has 0 aliphatic heterocycles. The third-order valence-corrected chi connectivity index (χ3v) is 14.9. The standard InChI is InChI=1S/C29H47NO3SSi/c1-8-12-22-27(31)29(34(32,30-7)24-18-14-13-15-19-24)26-21-17-16-20-25(26)28(23(5)6)33-35(9-2,10-3)11-4/h8,13-15,18-19,23,25,28H,1,9-12,16-17,20-22H2,2-7H3/b29-26-/t25?,28-,34?/m0/s1. The van der Waals surface area contributed by atoms with Gasteiger partial charge in [-0.25, -0.2) is 8.57 Å². The Kier molecular flexibility index (Phi) is 11.6. The minimum absolute atomic E-state index is 0.0234. The fraction of sp³-hybridized carbons (Fsp3) is 0.621. The number of Topliss-reactive ketones (excluding diaryl/α,β-unsaturated/α-hetero) is 1. The van der Waals surface area contributed by atoms with E-state index in [1.807, 2.05) is 30.3 Å². The van der Waals surface area contributed by atoms with Gasteiger partial charge in [0, 0.05) is 19.4 Å². The Balaban J connectivity index is 2.77. The maximum Gasteiger partial charge on any atom is 0.192 e. The predicted octanol–water partition coefficient (Wildman–Crippen LogP) is 8.17. The molecule has 0 spiro atoms. The average molecular weight is 518 g/mol. The SMILES string of the molecule is C=CCCC(=O)/C(=C1\CCCCC1[C@@H](O[Si](CC)(CC)CC)C(C)C)S(=O)(=NC)c1ccccc1. The van der Waals surface area contributed by atoms with Gasteiger partial charge in [-0.15, -0.1) is 6.58 Å². The van der Waals surface area contributed by atoms with Crippen LogP contribution in [0.25, 0.3) is 0 Å². The van der Waals surface area contributed by atoms with E-state index in [1.165, 1.54) is 0 Å². The van der Waals surface area contributed by atoms with Crippen LogP contribution in [0.4, 0.5) is 0 Å². The number of rotatable bonds is 13. The lowest BCUT2D eigenvalue weighted by Crippen LogP contribution is -2.45. The van der Waals surface area contributed by atoms with Gasteiger partial charge in [0.1, 0.15) is 9.73 Å².